The van der Waals surface area contributed by atoms with E-state index in [1.165, 1.54) is 24.1 Å². The zero-order valence-electron chi connectivity index (χ0n) is 16.8. The fourth-order valence-electron chi connectivity index (χ4n) is 3.59. The minimum atomic E-state index is -3.49. The molecule has 2 aromatic rings. The van der Waals surface area contributed by atoms with E-state index in [1.807, 2.05) is 0 Å². The van der Waals surface area contributed by atoms with E-state index in [0.717, 1.165) is 6.26 Å². The van der Waals surface area contributed by atoms with Gasteiger partial charge < -0.3 is 14.4 Å². The molecule has 3 rings (SSSR count). The number of sulfone groups is 1. The molecule has 2 aromatic carbocycles. The molecule has 0 aliphatic carbocycles. The summed E-state index contributed by atoms with van der Waals surface area (Å²) in [6.45, 7) is 2.25. The van der Waals surface area contributed by atoms with Gasteiger partial charge in [-0.1, -0.05) is 18.2 Å². The van der Waals surface area contributed by atoms with Crippen molar-refractivity contribution in [2.75, 3.05) is 25.7 Å². The molecule has 0 saturated carbocycles. The van der Waals surface area contributed by atoms with E-state index in [4.69, 9.17) is 9.47 Å². The SMILES string of the molecule is CCOc1cc([C@@H]([13CH2]S([13CH3])(=O)=O)[15N]2Cc3cccc([N+](=O)[O-])c3C2=O)ccc1OC. The molecule has 30 heavy (non-hydrogen) atoms. The van der Waals surface area contributed by atoms with Gasteiger partial charge in [0.05, 0.1) is 30.4 Å². The summed E-state index contributed by atoms with van der Waals surface area (Å²) in [5.41, 5.74) is 0.738. The highest BCUT2D eigenvalue weighted by Crippen LogP contribution is 2.38. The Labute approximate surface area is 174 Å². The van der Waals surface area contributed by atoms with Crippen LogP contribution in [0.25, 0.3) is 0 Å². The predicted molar refractivity (Wildman–Crippen MR) is 110 cm³/mol. The maximum absolute atomic E-state index is 13.1. The summed E-state index contributed by atoms with van der Waals surface area (Å²) in [6, 6.07) is 8.53. The number of fused-ring (bicyclic) bond motifs is 1. The highest BCUT2D eigenvalue weighted by Gasteiger charge is 2.39. The number of hydrogen-bond donors (Lipinski definition) is 0. The molecule has 160 valence electrons. The van der Waals surface area contributed by atoms with E-state index in [1.54, 1.807) is 31.2 Å². The molecule has 1 aliphatic heterocycles. The summed E-state index contributed by atoms with van der Waals surface area (Å²) in [6.07, 6.45) is 1.09. The Kier molecular flexibility index (Phi) is 5.97. The second kappa shape index (κ2) is 8.31. The Bertz CT molecular complexity index is 1100. The second-order valence-corrected chi connectivity index (χ2v) is 9.14. The Morgan fingerprint density at radius 3 is 2.57 bits per heavy atom. The van der Waals surface area contributed by atoms with Gasteiger partial charge in [-0.3, -0.25) is 14.9 Å². The van der Waals surface area contributed by atoms with Gasteiger partial charge in [-0.25, -0.2) is 8.42 Å². The minimum absolute atomic E-state index is 0.000422. The molecule has 0 radical (unpaired) electrons. The topological polar surface area (TPSA) is 116 Å². The van der Waals surface area contributed by atoms with Gasteiger partial charge in [-0.15, -0.1) is 0 Å². The number of nitrogens with zero attached hydrogens (tertiary/aromatic N) is 2. The molecule has 0 aromatic heterocycles. The maximum Gasteiger partial charge on any atom is 0.282 e. The zero-order valence-corrected chi connectivity index (χ0v) is 17.6. The van der Waals surface area contributed by atoms with E-state index < -0.39 is 26.7 Å². The third-order valence-corrected chi connectivity index (χ3v) is 5.77. The molecule has 0 N–H and O–H groups in total. The fourth-order valence-corrected chi connectivity index (χ4v) is 4.54. The lowest BCUT2D eigenvalue weighted by atomic mass is 10.1. The Morgan fingerprint density at radius 2 is 1.97 bits per heavy atom. The summed E-state index contributed by atoms with van der Waals surface area (Å²) in [7, 11) is -2.00. The van der Waals surface area contributed by atoms with Crippen molar-refractivity contribution in [2.24, 2.45) is 0 Å². The first kappa shape index (κ1) is 21.6. The van der Waals surface area contributed by atoms with Crippen molar-refractivity contribution >= 4 is 21.4 Å². The van der Waals surface area contributed by atoms with Gasteiger partial charge in [0.1, 0.15) is 15.4 Å². The fraction of sp³-hybridized carbons (Fsp3) is 0.350. The largest absolute Gasteiger partial charge is 0.493 e. The van der Waals surface area contributed by atoms with E-state index in [-0.39, 0.29) is 23.5 Å². The Morgan fingerprint density at radius 1 is 1.23 bits per heavy atom. The molecule has 0 spiro atoms. The van der Waals surface area contributed by atoms with E-state index in [0.29, 0.717) is 29.2 Å². The normalized spacial score (nSPS) is 14.4. The number of benzene rings is 2. The van der Waals surface area contributed by atoms with Gasteiger partial charge in [-0.2, -0.15) is 0 Å². The lowest BCUT2D eigenvalue weighted by Gasteiger charge is -2.28. The molecule has 0 fully saturated rings. The summed E-state index contributed by atoms with van der Waals surface area (Å²) < 4.78 is 35.2. The number of rotatable bonds is 8. The number of nitro benzene ring substituents is 1. The van der Waals surface area contributed by atoms with Crippen molar-refractivity contribution in [1.29, 1.82) is 0 Å². The van der Waals surface area contributed by atoms with Crippen LogP contribution in [0.15, 0.2) is 36.4 Å². The molecule has 0 bridgehead atoms. The summed E-state index contributed by atoms with van der Waals surface area (Å²) in [5, 5.41) is 11.4. The lowest BCUT2D eigenvalue weighted by molar-refractivity contribution is -0.385. The van der Waals surface area contributed by atoms with Crippen LogP contribution >= 0.6 is 0 Å². The van der Waals surface area contributed by atoms with Gasteiger partial charge in [0.25, 0.3) is 11.6 Å². The van der Waals surface area contributed by atoms with E-state index >= 15 is 0 Å². The van der Waals surface area contributed by atoms with E-state index in [2.05, 4.69) is 0 Å². The summed E-state index contributed by atoms with van der Waals surface area (Å²) in [4.78, 5) is 25.3. The van der Waals surface area contributed by atoms with Crippen molar-refractivity contribution in [1.82, 2.24) is 4.90 Å². The van der Waals surface area contributed by atoms with Crippen LogP contribution < -0.4 is 9.47 Å². The average molecular weight is 437 g/mol. The summed E-state index contributed by atoms with van der Waals surface area (Å²) >= 11 is 0. The van der Waals surface area contributed by atoms with Gasteiger partial charge in [-0.05, 0) is 30.2 Å². The number of carbonyl (C=O) groups is 1. The van der Waals surface area contributed by atoms with Gasteiger partial charge in [0.15, 0.2) is 11.5 Å². The van der Waals surface area contributed by atoms with Crippen molar-refractivity contribution in [3.05, 3.63) is 63.2 Å². The smallest absolute Gasteiger partial charge is 0.282 e. The van der Waals surface area contributed by atoms with Crippen molar-refractivity contribution in [3.63, 3.8) is 0 Å². The maximum atomic E-state index is 13.1. The molecule has 10 heteroatoms. The molecule has 1 atom stereocenters. The van der Waals surface area contributed by atoms with Crippen molar-refractivity contribution in [2.45, 2.75) is 19.5 Å². The molecule has 1 aliphatic rings. The molecular formula is C20H22N2O7S. The van der Waals surface area contributed by atoms with Crippen LogP contribution in [0.4, 0.5) is 5.69 Å². The number of amides is 1. The van der Waals surface area contributed by atoms with Crippen LogP contribution in [-0.2, 0) is 16.4 Å². The molecule has 1 heterocycles. The standard InChI is InChI=1S/C20H22N2O7S/c1-4-29-18-10-13(8-9-17(18)28-2)16(12-30(3,26)27)21-11-14-6-5-7-15(22(24)25)19(14)20(21)23/h5-10,16H,4,11-12H2,1-3H3/t16-/m1/s1/i3+1,12+1,21+1. The molecule has 9 nitrogen and oxygen atoms in total. The number of hydrogen-bond acceptors (Lipinski definition) is 7. The molecule has 0 unspecified atom stereocenters. The predicted octanol–water partition coefficient (Wildman–Crippen LogP) is 2.74. The first-order valence-corrected chi connectivity index (χ1v) is 11.3. The average Bonchev–Trinajstić information content (AvgIpc) is 3.02. The van der Waals surface area contributed by atoms with Crippen molar-refractivity contribution < 1.29 is 27.6 Å². The van der Waals surface area contributed by atoms with Crippen LogP contribution in [0.1, 0.15) is 34.5 Å². The van der Waals surface area contributed by atoms with Crippen molar-refractivity contribution in [3.8, 4) is 11.5 Å². The molecular weight excluding hydrogens is 415 g/mol. The first-order valence-electron chi connectivity index (χ1n) is 9.22. The minimum Gasteiger partial charge on any atom is -0.493 e. The number of nitro groups is 1. The quantitative estimate of drug-likeness (QED) is 0.270. The number of ether oxygens (including phenoxy) is 2. The number of methoxy groups -OCH3 is 1. The van der Waals surface area contributed by atoms with Crippen LogP contribution in [0.3, 0.4) is 0 Å². The monoisotopic (exact) mass is 437 g/mol. The Hall–Kier alpha value is -3.14. The van der Waals surface area contributed by atoms with Crippen LogP contribution in [0, 0.1) is 10.1 Å². The lowest BCUT2D eigenvalue weighted by Crippen LogP contribution is -2.33. The van der Waals surface area contributed by atoms with Gasteiger partial charge >= 0.3 is 0 Å². The highest BCUT2D eigenvalue weighted by atomic mass is 32.2. The van der Waals surface area contributed by atoms with Crippen LogP contribution in [-0.4, -0.2) is 49.9 Å². The Balaban J connectivity index is 2.08. The third kappa shape index (κ3) is 4.23. The second-order valence-electron chi connectivity index (χ2n) is 6.95. The first-order chi connectivity index (χ1) is 14.2. The molecule has 0 saturated heterocycles. The van der Waals surface area contributed by atoms with E-state index in [9.17, 15) is 23.3 Å². The van der Waals surface area contributed by atoms with Gasteiger partial charge in [0, 0.05) is 18.9 Å². The zero-order chi connectivity index (χ0) is 22.1. The van der Waals surface area contributed by atoms with Gasteiger partial charge in [0.2, 0.25) is 0 Å². The number of carbonyl (C=O) groups excluding carboxylic acids is 1. The highest BCUT2D eigenvalue weighted by molar-refractivity contribution is 7.90. The van der Waals surface area contributed by atoms with Crippen LogP contribution in [0.5, 0.6) is 11.5 Å². The summed E-state index contributed by atoms with van der Waals surface area (Å²) in [5.74, 6) is -0.00504. The van der Waals surface area contributed by atoms with Crippen LogP contribution in [0.2, 0.25) is 0 Å². The molecule has 1 amide bonds. The third-order valence-electron chi connectivity index (χ3n) is 4.85.